The van der Waals surface area contributed by atoms with Gasteiger partial charge < -0.3 is 4.57 Å². The molecule has 0 saturated heterocycles. The molecule has 1 aromatic heterocycles. The predicted molar refractivity (Wildman–Crippen MR) is 78.8 cm³/mol. The highest BCUT2D eigenvalue weighted by Crippen LogP contribution is 2.35. The summed E-state index contributed by atoms with van der Waals surface area (Å²) in [6, 6.07) is 5.75. The molecule has 2 nitrogen and oxygen atoms in total. The van der Waals surface area contributed by atoms with Crippen LogP contribution in [0.15, 0.2) is 24.4 Å². The zero-order valence-electron chi connectivity index (χ0n) is 11.3. The van der Waals surface area contributed by atoms with E-state index >= 15 is 0 Å². The second kappa shape index (κ2) is 4.68. The van der Waals surface area contributed by atoms with Crippen LogP contribution in [0.3, 0.4) is 0 Å². The van der Waals surface area contributed by atoms with Crippen molar-refractivity contribution in [3.05, 3.63) is 35.0 Å². The quantitative estimate of drug-likeness (QED) is 0.742. The van der Waals surface area contributed by atoms with Gasteiger partial charge in [-0.25, -0.2) is 0 Å². The van der Waals surface area contributed by atoms with E-state index in [4.69, 9.17) is 11.6 Å². The fourth-order valence-corrected chi connectivity index (χ4v) is 3.45. The average molecular weight is 276 g/mol. The van der Waals surface area contributed by atoms with E-state index in [0.29, 0.717) is 16.7 Å². The van der Waals surface area contributed by atoms with Gasteiger partial charge in [-0.2, -0.15) is 0 Å². The maximum atomic E-state index is 12.7. The van der Waals surface area contributed by atoms with Crippen molar-refractivity contribution in [1.82, 2.24) is 4.57 Å². The molecule has 0 spiro atoms. The highest BCUT2D eigenvalue weighted by Gasteiger charge is 2.31. The summed E-state index contributed by atoms with van der Waals surface area (Å²) in [7, 11) is 1.97. The number of rotatable bonds is 2. The second-order valence-corrected chi connectivity index (χ2v) is 6.13. The predicted octanol–water partition coefficient (Wildman–Crippen LogP) is 4.45. The second-order valence-electron chi connectivity index (χ2n) is 5.69. The minimum absolute atomic E-state index is 0.196. The molecule has 3 heteroatoms. The van der Waals surface area contributed by atoms with Crippen molar-refractivity contribution >= 4 is 28.3 Å². The topological polar surface area (TPSA) is 22.0 Å². The van der Waals surface area contributed by atoms with E-state index in [9.17, 15) is 4.79 Å². The number of carbonyl (C=O) groups excluding carboxylic acids is 1. The number of benzene rings is 1. The Balaban J connectivity index is 2.08. The highest BCUT2D eigenvalue weighted by molar-refractivity contribution is 6.31. The molecular formula is C16H18ClNO. The molecule has 0 radical (unpaired) electrons. The van der Waals surface area contributed by atoms with Gasteiger partial charge in [0.25, 0.3) is 0 Å². The van der Waals surface area contributed by atoms with Gasteiger partial charge >= 0.3 is 0 Å². The lowest BCUT2D eigenvalue weighted by atomic mass is 9.89. The Bertz CT molecular complexity index is 643. The summed E-state index contributed by atoms with van der Waals surface area (Å²) >= 11 is 6.03. The first kappa shape index (κ1) is 12.7. The zero-order chi connectivity index (χ0) is 13.6. The number of halogens is 1. The molecule has 1 heterocycles. The molecule has 1 aromatic carbocycles. The number of ketones is 1. The third-order valence-electron chi connectivity index (χ3n) is 4.42. The van der Waals surface area contributed by atoms with Crippen LogP contribution < -0.4 is 0 Å². The van der Waals surface area contributed by atoms with Crippen molar-refractivity contribution in [2.24, 2.45) is 18.9 Å². The molecule has 2 atom stereocenters. The van der Waals surface area contributed by atoms with E-state index in [1.807, 2.05) is 36.0 Å². The summed E-state index contributed by atoms with van der Waals surface area (Å²) in [4.78, 5) is 12.7. The minimum Gasteiger partial charge on any atom is -0.350 e. The number of nitrogens with zero attached hydrogens (tertiary/aromatic N) is 1. The Morgan fingerprint density at radius 2 is 2.16 bits per heavy atom. The lowest BCUT2D eigenvalue weighted by molar-refractivity contribution is 0.0898. The van der Waals surface area contributed by atoms with E-state index in [2.05, 4.69) is 6.92 Å². The van der Waals surface area contributed by atoms with Crippen molar-refractivity contribution in [1.29, 1.82) is 0 Å². The SMILES string of the molecule is CC1CCCC1C(=O)c1cn(C)c2cc(Cl)ccc12. The Labute approximate surface area is 118 Å². The first-order valence-corrected chi connectivity index (χ1v) is 7.24. The number of aromatic nitrogens is 1. The van der Waals surface area contributed by atoms with Gasteiger partial charge in [-0.3, -0.25) is 4.79 Å². The van der Waals surface area contributed by atoms with Gasteiger partial charge in [-0.1, -0.05) is 31.0 Å². The molecule has 3 rings (SSSR count). The molecule has 1 fully saturated rings. The largest absolute Gasteiger partial charge is 0.350 e. The summed E-state index contributed by atoms with van der Waals surface area (Å²) in [6.45, 7) is 2.19. The van der Waals surface area contributed by atoms with Gasteiger partial charge in [0.15, 0.2) is 5.78 Å². The first-order valence-electron chi connectivity index (χ1n) is 6.86. The van der Waals surface area contributed by atoms with Crippen LogP contribution >= 0.6 is 11.6 Å². The molecule has 19 heavy (non-hydrogen) atoms. The summed E-state index contributed by atoms with van der Waals surface area (Å²) in [5.41, 5.74) is 1.88. The van der Waals surface area contributed by atoms with Crippen LogP contribution in [0.4, 0.5) is 0 Å². The molecule has 0 amide bonds. The third kappa shape index (κ3) is 2.08. The molecule has 100 valence electrons. The van der Waals surface area contributed by atoms with Crippen molar-refractivity contribution in [3.63, 3.8) is 0 Å². The van der Waals surface area contributed by atoms with Gasteiger partial charge in [0, 0.05) is 40.7 Å². The standard InChI is InChI=1S/C16H18ClNO/c1-10-4-3-5-12(10)16(19)14-9-18(2)15-8-11(17)6-7-13(14)15/h6-10,12H,3-5H2,1-2H3. The number of Topliss-reactive ketones (excluding diaryl/α,β-unsaturated/α-hetero) is 1. The Morgan fingerprint density at radius 3 is 2.84 bits per heavy atom. The fraction of sp³-hybridized carbons (Fsp3) is 0.438. The summed E-state index contributed by atoms with van der Waals surface area (Å²) in [6.07, 6.45) is 5.33. The summed E-state index contributed by atoms with van der Waals surface area (Å²) in [5, 5.41) is 1.73. The van der Waals surface area contributed by atoms with E-state index in [0.717, 1.165) is 22.9 Å². The van der Waals surface area contributed by atoms with Crippen molar-refractivity contribution < 1.29 is 4.79 Å². The maximum Gasteiger partial charge on any atom is 0.168 e. The van der Waals surface area contributed by atoms with Gasteiger partial charge in [-0.15, -0.1) is 0 Å². The Hall–Kier alpha value is -1.28. The van der Waals surface area contributed by atoms with Gasteiger partial charge in [0.2, 0.25) is 0 Å². The molecule has 0 bridgehead atoms. The van der Waals surface area contributed by atoms with Crippen molar-refractivity contribution in [2.75, 3.05) is 0 Å². The van der Waals surface area contributed by atoms with E-state index < -0.39 is 0 Å². The lowest BCUT2D eigenvalue weighted by Gasteiger charge is -2.13. The van der Waals surface area contributed by atoms with Crippen molar-refractivity contribution in [3.8, 4) is 0 Å². The smallest absolute Gasteiger partial charge is 0.168 e. The van der Waals surface area contributed by atoms with Crippen LogP contribution in [-0.2, 0) is 7.05 Å². The summed E-state index contributed by atoms with van der Waals surface area (Å²) in [5.74, 6) is 1.01. The molecular weight excluding hydrogens is 258 g/mol. The fourth-order valence-electron chi connectivity index (χ4n) is 3.29. The molecule has 0 N–H and O–H groups in total. The molecule has 1 saturated carbocycles. The maximum absolute atomic E-state index is 12.7. The van der Waals surface area contributed by atoms with Crippen LogP contribution in [0.5, 0.6) is 0 Å². The number of carbonyl (C=O) groups is 1. The molecule has 1 aliphatic rings. The van der Waals surface area contributed by atoms with Crippen molar-refractivity contribution in [2.45, 2.75) is 26.2 Å². The van der Waals surface area contributed by atoms with E-state index in [1.54, 1.807) is 0 Å². The van der Waals surface area contributed by atoms with E-state index in [-0.39, 0.29) is 5.92 Å². The lowest BCUT2D eigenvalue weighted by Crippen LogP contribution is -2.16. The van der Waals surface area contributed by atoms with Crippen LogP contribution in [0, 0.1) is 11.8 Å². The van der Waals surface area contributed by atoms with Gasteiger partial charge in [0.05, 0.1) is 0 Å². The first-order chi connectivity index (χ1) is 9.08. The number of aryl methyl sites for hydroxylation is 1. The monoisotopic (exact) mass is 275 g/mol. The third-order valence-corrected chi connectivity index (χ3v) is 4.65. The number of hydrogen-bond acceptors (Lipinski definition) is 1. The minimum atomic E-state index is 0.196. The molecule has 2 unspecified atom stereocenters. The number of fused-ring (bicyclic) bond motifs is 1. The zero-order valence-corrected chi connectivity index (χ0v) is 12.1. The van der Waals surface area contributed by atoms with E-state index in [1.165, 1.54) is 12.8 Å². The van der Waals surface area contributed by atoms with Gasteiger partial charge in [-0.05, 0) is 30.9 Å². The normalized spacial score (nSPS) is 23.1. The Kier molecular flexibility index (Phi) is 3.14. The van der Waals surface area contributed by atoms with Crippen LogP contribution in [0.25, 0.3) is 10.9 Å². The summed E-state index contributed by atoms with van der Waals surface area (Å²) < 4.78 is 1.99. The number of hydrogen-bond donors (Lipinski definition) is 0. The Morgan fingerprint density at radius 1 is 1.37 bits per heavy atom. The van der Waals surface area contributed by atoms with Gasteiger partial charge in [0.1, 0.15) is 0 Å². The average Bonchev–Trinajstić information content (AvgIpc) is 2.94. The van der Waals surface area contributed by atoms with Crippen LogP contribution in [-0.4, -0.2) is 10.4 Å². The van der Waals surface area contributed by atoms with Crippen LogP contribution in [0.2, 0.25) is 5.02 Å². The molecule has 0 aliphatic heterocycles. The highest BCUT2D eigenvalue weighted by atomic mass is 35.5. The molecule has 2 aromatic rings. The molecule has 1 aliphatic carbocycles. The van der Waals surface area contributed by atoms with Crippen LogP contribution in [0.1, 0.15) is 36.5 Å².